The Bertz CT molecular complexity index is 209. The molecule has 0 fully saturated rings. The van der Waals surface area contributed by atoms with Crippen molar-refractivity contribution in [1.29, 1.82) is 0 Å². The average Bonchev–Trinajstić information content (AvgIpc) is 2.41. The maximum absolute atomic E-state index is 9.10. The van der Waals surface area contributed by atoms with E-state index >= 15 is 0 Å². The van der Waals surface area contributed by atoms with Gasteiger partial charge in [-0.3, -0.25) is 0 Å². The first kappa shape index (κ1) is 70.0. The van der Waals surface area contributed by atoms with E-state index in [1.165, 1.54) is 0 Å². The number of nitrogens with zero attached hydrogens (tertiary/aromatic N) is 1. The minimum atomic E-state index is -1.82. The second-order valence-corrected chi connectivity index (χ2v) is 1.37. The van der Waals surface area contributed by atoms with Crippen molar-refractivity contribution >= 4 is 124 Å². The topological polar surface area (TPSA) is 103 Å². The predicted octanol–water partition coefficient (Wildman–Crippen LogP) is 3.36. The van der Waals surface area contributed by atoms with Crippen LogP contribution in [-0.2, 0) is 9.59 Å². The number of aliphatic carboxylic acids is 2. The van der Waals surface area contributed by atoms with Crippen LogP contribution in [0.5, 0.6) is 0 Å². The molecule has 0 aromatic carbocycles. The Balaban J connectivity index is -0.00000000863. The van der Waals surface area contributed by atoms with Crippen molar-refractivity contribution in [3.8, 4) is 0 Å². The minimum Gasteiger partial charge on any atom is -0.473 e. The summed E-state index contributed by atoms with van der Waals surface area (Å²) in [7, 11) is 0. The highest BCUT2D eigenvalue weighted by Crippen LogP contribution is 1.62. The van der Waals surface area contributed by atoms with Crippen LogP contribution in [0.1, 0.15) is 0 Å². The second kappa shape index (κ2) is 50.3. The van der Waals surface area contributed by atoms with Crippen molar-refractivity contribution < 1.29 is 19.8 Å². The van der Waals surface area contributed by atoms with Gasteiger partial charge in [-0.05, 0) is 0 Å². The SMILES string of the molecule is Cl.Cl.Cl.Cl.Cl.Cl.Cl.Cl.Cl.O=C(O)C(=O)O.c1c[nH]cn1. The summed E-state index contributed by atoms with van der Waals surface area (Å²) in [5, 5.41) is 14.8. The van der Waals surface area contributed by atoms with Crippen LogP contribution < -0.4 is 0 Å². The number of aromatic nitrogens is 2. The second-order valence-electron chi connectivity index (χ2n) is 1.37. The molecule has 0 unspecified atom stereocenters. The molecule has 15 heteroatoms. The number of carbonyl (C=O) groups is 2. The zero-order valence-corrected chi connectivity index (χ0v) is 16.4. The van der Waals surface area contributed by atoms with Gasteiger partial charge in [0.25, 0.3) is 0 Å². The number of halogens is 9. The molecule has 0 spiro atoms. The van der Waals surface area contributed by atoms with Crippen LogP contribution in [0.25, 0.3) is 0 Å². The Morgan fingerprint density at radius 3 is 1.10 bits per heavy atom. The summed E-state index contributed by atoms with van der Waals surface area (Å²) in [6.45, 7) is 0. The van der Waals surface area contributed by atoms with Crippen molar-refractivity contribution in [2.45, 2.75) is 0 Å². The molecular weight excluding hydrogens is 471 g/mol. The first-order chi connectivity index (χ1) is 5.14. The molecule has 0 saturated carbocycles. The van der Waals surface area contributed by atoms with Gasteiger partial charge in [-0.25, -0.2) is 14.6 Å². The molecule has 1 heterocycles. The molecule has 1 aromatic rings. The molecule has 0 bridgehead atoms. The third-order valence-corrected chi connectivity index (χ3v) is 0.589. The highest BCUT2D eigenvalue weighted by atomic mass is 35.5. The minimum absolute atomic E-state index is 0. The molecule has 0 amide bonds. The third-order valence-electron chi connectivity index (χ3n) is 0.589. The number of carboxylic acids is 2. The molecule has 6 nitrogen and oxygen atoms in total. The van der Waals surface area contributed by atoms with Crippen molar-refractivity contribution in [3.63, 3.8) is 0 Å². The number of H-pyrrole nitrogens is 1. The quantitative estimate of drug-likeness (QED) is 0.489. The fourth-order valence-corrected chi connectivity index (χ4v) is 0.215. The summed E-state index contributed by atoms with van der Waals surface area (Å²) < 4.78 is 0. The fraction of sp³-hybridized carbons (Fsp3) is 0. The molecule has 1 rings (SSSR count). The van der Waals surface area contributed by atoms with Gasteiger partial charge in [-0.1, -0.05) is 0 Å². The van der Waals surface area contributed by atoms with Gasteiger partial charge in [-0.15, -0.1) is 112 Å². The zero-order valence-electron chi connectivity index (χ0n) is 9.06. The van der Waals surface area contributed by atoms with E-state index < -0.39 is 11.9 Å². The van der Waals surface area contributed by atoms with E-state index in [-0.39, 0.29) is 112 Å². The summed E-state index contributed by atoms with van der Waals surface area (Å²) in [5.74, 6) is -3.65. The third kappa shape index (κ3) is 62.1. The Labute approximate surface area is 171 Å². The smallest absolute Gasteiger partial charge is 0.414 e. The number of carboxylic acid groups (broad SMARTS) is 2. The van der Waals surface area contributed by atoms with E-state index in [0.29, 0.717) is 0 Å². The predicted molar refractivity (Wildman–Crippen MR) is 99.1 cm³/mol. The number of rotatable bonds is 0. The van der Waals surface area contributed by atoms with Crippen LogP contribution in [0.15, 0.2) is 18.7 Å². The van der Waals surface area contributed by atoms with Gasteiger partial charge in [0.2, 0.25) is 0 Å². The van der Waals surface area contributed by atoms with Crippen LogP contribution in [0.4, 0.5) is 0 Å². The molecule has 0 radical (unpaired) electrons. The molecule has 0 aliphatic heterocycles. The lowest BCUT2D eigenvalue weighted by Crippen LogP contribution is -2.09. The van der Waals surface area contributed by atoms with Crippen molar-refractivity contribution in [3.05, 3.63) is 18.7 Å². The largest absolute Gasteiger partial charge is 0.473 e. The maximum atomic E-state index is 9.10. The molecule has 20 heavy (non-hydrogen) atoms. The molecule has 1 aromatic heterocycles. The molecular formula is C5H15Cl9N2O4. The van der Waals surface area contributed by atoms with Crippen LogP contribution in [-0.4, -0.2) is 32.1 Å². The number of aromatic amines is 1. The lowest BCUT2D eigenvalue weighted by Gasteiger charge is -1.72. The Morgan fingerprint density at radius 2 is 1.05 bits per heavy atom. The summed E-state index contributed by atoms with van der Waals surface area (Å²) in [6.07, 6.45) is 5.08. The van der Waals surface area contributed by atoms with Crippen LogP contribution in [0.2, 0.25) is 0 Å². The zero-order chi connectivity index (χ0) is 8.69. The van der Waals surface area contributed by atoms with Crippen LogP contribution >= 0.6 is 112 Å². The standard InChI is InChI=1S/C3H4N2.C2H2O4.9ClH/c1-2-5-3-4-1;3-1(4)2(5)6;;;;;;;;;/h1-3H,(H,4,5);(H,3,4)(H,5,6);9*1H. The van der Waals surface area contributed by atoms with Crippen LogP contribution in [0.3, 0.4) is 0 Å². The van der Waals surface area contributed by atoms with Gasteiger partial charge >= 0.3 is 11.9 Å². The number of hydrogen-bond acceptors (Lipinski definition) is 3. The van der Waals surface area contributed by atoms with Gasteiger partial charge in [0, 0.05) is 12.4 Å². The van der Waals surface area contributed by atoms with Gasteiger partial charge in [-0.2, -0.15) is 0 Å². The van der Waals surface area contributed by atoms with E-state index in [4.69, 9.17) is 19.8 Å². The molecule has 3 N–H and O–H groups in total. The molecule has 0 aliphatic rings. The molecule has 0 atom stereocenters. The van der Waals surface area contributed by atoms with Crippen molar-refractivity contribution in [2.24, 2.45) is 0 Å². The Kier molecular flexibility index (Phi) is 176. The summed E-state index contributed by atoms with van der Waals surface area (Å²) in [6, 6.07) is 0. The number of imidazole rings is 1. The summed E-state index contributed by atoms with van der Waals surface area (Å²) in [5.41, 5.74) is 0. The van der Waals surface area contributed by atoms with E-state index in [1.54, 1.807) is 18.7 Å². The van der Waals surface area contributed by atoms with Crippen molar-refractivity contribution in [1.82, 2.24) is 9.97 Å². The maximum Gasteiger partial charge on any atom is 0.414 e. The lowest BCUT2D eigenvalue weighted by atomic mass is 10.7. The summed E-state index contributed by atoms with van der Waals surface area (Å²) >= 11 is 0. The van der Waals surface area contributed by atoms with Crippen LogP contribution in [0, 0.1) is 0 Å². The summed E-state index contributed by atoms with van der Waals surface area (Å²) in [4.78, 5) is 24.6. The Hall–Kier alpha value is 0.760. The van der Waals surface area contributed by atoms with Gasteiger partial charge in [0.1, 0.15) is 0 Å². The number of hydrogen-bond donors (Lipinski definition) is 3. The molecule has 132 valence electrons. The van der Waals surface area contributed by atoms with Gasteiger partial charge in [0.05, 0.1) is 6.33 Å². The van der Waals surface area contributed by atoms with E-state index in [0.717, 1.165) is 0 Å². The monoisotopic (exact) mass is 482 g/mol. The highest BCUT2D eigenvalue weighted by molar-refractivity contribution is 6.27. The fourth-order valence-electron chi connectivity index (χ4n) is 0.215. The van der Waals surface area contributed by atoms with Gasteiger partial charge < -0.3 is 15.2 Å². The number of nitrogens with one attached hydrogen (secondary N) is 1. The molecule has 0 saturated heterocycles. The van der Waals surface area contributed by atoms with Gasteiger partial charge in [0.15, 0.2) is 0 Å². The first-order valence-corrected chi connectivity index (χ1v) is 2.53. The normalized spacial score (nSPS) is 4.20. The first-order valence-electron chi connectivity index (χ1n) is 2.53. The van der Waals surface area contributed by atoms with E-state index in [1.807, 2.05) is 0 Å². The Morgan fingerprint density at radius 1 is 0.750 bits per heavy atom. The average molecular weight is 486 g/mol. The van der Waals surface area contributed by atoms with E-state index in [2.05, 4.69) is 9.97 Å². The highest BCUT2D eigenvalue weighted by Gasteiger charge is 2.04. The molecule has 0 aliphatic carbocycles. The van der Waals surface area contributed by atoms with Crippen molar-refractivity contribution in [2.75, 3.05) is 0 Å². The van der Waals surface area contributed by atoms with E-state index in [9.17, 15) is 0 Å². The lowest BCUT2D eigenvalue weighted by molar-refractivity contribution is -0.159.